The molecule has 1 aliphatic carbocycles. The average molecular weight is 410 g/mol. The van der Waals surface area contributed by atoms with E-state index in [1.807, 2.05) is 13.8 Å². The quantitative estimate of drug-likeness (QED) is 0.767. The van der Waals surface area contributed by atoms with Crippen LogP contribution in [0, 0.1) is 11.3 Å². The number of carboxylic acids is 1. The van der Waals surface area contributed by atoms with Gasteiger partial charge in [0.2, 0.25) is 0 Å². The fourth-order valence-electron chi connectivity index (χ4n) is 3.78. The minimum absolute atomic E-state index is 0.0450. The summed E-state index contributed by atoms with van der Waals surface area (Å²) in [5.74, 6) is -3.76. The predicted molar refractivity (Wildman–Crippen MR) is 98.3 cm³/mol. The number of halogens is 2. The van der Waals surface area contributed by atoms with Gasteiger partial charge in [0.15, 0.2) is 11.5 Å². The summed E-state index contributed by atoms with van der Waals surface area (Å²) >= 11 is 0. The van der Waals surface area contributed by atoms with E-state index in [2.05, 4.69) is 9.97 Å². The van der Waals surface area contributed by atoms with Crippen molar-refractivity contribution < 1.29 is 28.2 Å². The molecule has 0 bridgehead atoms. The first kappa shape index (κ1) is 19.8. The normalized spacial score (nSPS) is 24.9. The maximum Gasteiger partial charge on any atom is 0.326 e. The highest BCUT2D eigenvalue weighted by molar-refractivity contribution is 5.95. The summed E-state index contributed by atoms with van der Waals surface area (Å²) in [6, 6.07) is -0.941. The van der Waals surface area contributed by atoms with Crippen LogP contribution in [0.1, 0.15) is 43.6 Å². The van der Waals surface area contributed by atoms with Crippen molar-refractivity contribution in [3.63, 3.8) is 0 Å². The molecule has 1 atom stereocenters. The van der Waals surface area contributed by atoms with Gasteiger partial charge in [0.25, 0.3) is 17.7 Å². The number of carbonyl (C=O) groups is 2. The highest BCUT2D eigenvalue weighted by atomic mass is 19.3. The number of hydrogen-bond donors (Lipinski definition) is 1. The van der Waals surface area contributed by atoms with E-state index in [1.54, 1.807) is 0 Å². The highest BCUT2D eigenvalue weighted by Crippen LogP contribution is 2.38. The number of alkyl halides is 2. The maximum absolute atomic E-state index is 13.3. The van der Waals surface area contributed by atoms with Crippen LogP contribution >= 0.6 is 0 Å². The van der Waals surface area contributed by atoms with Gasteiger partial charge >= 0.3 is 5.97 Å². The average Bonchev–Trinajstić information content (AvgIpc) is 3.38. The Morgan fingerprint density at radius 3 is 2.55 bits per heavy atom. The third kappa shape index (κ3) is 4.11. The maximum atomic E-state index is 13.3. The minimum Gasteiger partial charge on any atom is -0.480 e. The Kier molecular flexibility index (Phi) is 4.62. The summed E-state index contributed by atoms with van der Waals surface area (Å²) in [5, 5.41) is 9.49. The summed E-state index contributed by atoms with van der Waals surface area (Å²) < 4.78 is 32.3. The molecule has 3 aliphatic rings. The molecule has 158 valence electrons. The number of ether oxygens (including phenoxy) is 1. The molecular formula is C19H24F2N4O4. The second-order valence-corrected chi connectivity index (χ2v) is 9.01. The number of rotatable bonds is 6. The fraction of sp³-hybridized carbons (Fsp3) is 0.684. The molecule has 8 nitrogen and oxygen atoms in total. The van der Waals surface area contributed by atoms with Gasteiger partial charge in [-0.1, -0.05) is 13.8 Å². The molecule has 0 aromatic carbocycles. The summed E-state index contributed by atoms with van der Waals surface area (Å²) in [6.07, 6.45) is 3.62. The van der Waals surface area contributed by atoms with E-state index in [-0.39, 0.29) is 29.4 Å². The first-order chi connectivity index (χ1) is 13.5. The molecular weight excluding hydrogens is 386 g/mol. The lowest BCUT2D eigenvalue weighted by Crippen LogP contribution is -2.56. The van der Waals surface area contributed by atoms with Gasteiger partial charge in [0, 0.05) is 6.54 Å². The molecule has 1 aromatic heterocycles. The Bertz CT molecular complexity index is 835. The molecule has 3 fully saturated rings. The van der Waals surface area contributed by atoms with E-state index in [9.17, 15) is 23.5 Å². The van der Waals surface area contributed by atoms with Crippen molar-refractivity contribution in [1.82, 2.24) is 14.9 Å². The van der Waals surface area contributed by atoms with Crippen LogP contribution in [0.3, 0.4) is 0 Å². The van der Waals surface area contributed by atoms with Crippen LogP contribution in [0.5, 0.6) is 5.88 Å². The van der Waals surface area contributed by atoms with Crippen LogP contribution in [0.15, 0.2) is 6.20 Å². The van der Waals surface area contributed by atoms with Gasteiger partial charge in [-0.2, -0.15) is 0 Å². The van der Waals surface area contributed by atoms with Gasteiger partial charge in [0.05, 0.1) is 25.9 Å². The van der Waals surface area contributed by atoms with Gasteiger partial charge in [-0.15, -0.1) is 0 Å². The Morgan fingerprint density at radius 1 is 1.28 bits per heavy atom. The summed E-state index contributed by atoms with van der Waals surface area (Å²) in [7, 11) is 0. The first-order valence-corrected chi connectivity index (χ1v) is 9.71. The van der Waals surface area contributed by atoms with Crippen molar-refractivity contribution in [3.05, 3.63) is 11.9 Å². The molecule has 29 heavy (non-hydrogen) atoms. The van der Waals surface area contributed by atoms with Crippen molar-refractivity contribution in [3.8, 4) is 5.88 Å². The van der Waals surface area contributed by atoms with Gasteiger partial charge in [0.1, 0.15) is 6.04 Å². The number of anilines is 1. The number of carbonyl (C=O) groups excluding carboxylic acids is 1. The predicted octanol–water partition coefficient (Wildman–Crippen LogP) is 2.05. The molecule has 1 N–H and O–H groups in total. The number of amides is 1. The van der Waals surface area contributed by atoms with Crippen LogP contribution in [0.4, 0.5) is 14.6 Å². The lowest BCUT2D eigenvalue weighted by molar-refractivity contribution is -0.141. The zero-order chi connectivity index (χ0) is 21.0. The van der Waals surface area contributed by atoms with Crippen LogP contribution < -0.4 is 9.64 Å². The lowest BCUT2D eigenvalue weighted by atomic mass is 9.91. The van der Waals surface area contributed by atoms with Gasteiger partial charge < -0.3 is 19.6 Å². The van der Waals surface area contributed by atoms with E-state index in [4.69, 9.17) is 4.74 Å². The van der Waals surface area contributed by atoms with Crippen molar-refractivity contribution >= 4 is 17.7 Å². The third-order valence-electron chi connectivity index (χ3n) is 5.50. The Balaban J connectivity index is 1.58. The molecule has 4 rings (SSSR count). The molecule has 2 saturated heterocycles. The number of nitrogens with zero attached hydrogens (tertiary/aromatic N) is 4. The SMILES string of the molecule is CC1(C)CC(C(=O)O)N(C(=O)c2cnc(N3CC(F)(F)C3)c(OCC3CC3)n2)C1. The zero-order valence-corrected chi connectivity index (χ0v) is 16.4. The van der Waals surface area contributed by atoms with Crippen LogP contribution in [0.2, 0.25) is 0 Å². The largest absolute Gasteiger partial charge is 0.480 e. The van der Waals surface area contributed by atoms with Crippen molar-refractivity contribution in [2.24, 2.45) is 11.3 Å². The van der Waals surface area contributed by atoms with Gasteiger partial charge in [-0.05, 0) is 30.6 Å². The standard InChI is InChI=1S/C19H24F2N4O4/c1-18(2)5-13(17(27)28)25(8-18)16(26)12-6-22-14(24-9-19(20,21)10-24)15(23-12)29-7-11-3-4-11/h6,11,13H,3-5,7-10H2,1-2H3,(H,27,28). The number of aromatic nitrogens is 2. The van der Waals surface area contributed by atoms with E-state index in [1.165, 1.54) is 16.0 Å². The number of hydrogen-bond acceptors (Lipinski definition) is 6. The van der Waals surface area contributed by atoms with Crippen LogP contribution in [-0.4, -0.2) is 70.1 Å². The molecule has 1 amide bonds. The van der Waals surface area contributed by atoms with Crippen LogP contribution in [-0.2, 0) is 4.79 Å². The zero-order valence-electron chi connectivity index (χ0n) is 16.4. The monoisotopic (exact) mass is 410 g/mol. The van der Waals surface area contributed by atoms with Gasteiger partial charge in [-0.25, -0.2) is 23.5 Å². The van der Waals surface area contributed by atoms with Gasteiger partial charge in [-0.3, -0.25) is 4.79 Å². The topological polar surface area (TPSA) is 95.9 Å². The second kappa shape index (κ2) is 6.77. The fourth-order valence-corrected chi connectivity index (χ4v) is 3.78. The molecule has 1 saturated carbocycles. The summed E-state index contributed by atoms with van der Waals surface area (Å²) in [5.41, 5.74) is -0.378. The molecule has 1 aromatic rings. The molecule has 2 aliphatic heterocycles. The summed E-state index contributed by atoms with van der Waals surface area (Å²) in [6.45, 7) is 3.52. The van der Waals surface area contributed by atoms with E-state index in [0.29, 0.717) is 18.9 Å². The number of aliphatic carboxylic acids is 1. The molecule has 1 unspecified atom stereocenters. The first-order valence-electron chi connectivity index (χ1n) is 9.71. The molecule has 3 heterocycles. The van der Waals surface area contributed by atoms with Crippen molar-refractivity contribution in [2.75, 3.05) is 31.1 Å². The van der Waals surface area contributed by atoms with Crippen molar-refractivity contribution in [1.29, 1.82) is 0 Å². The minimum atomic E-state index is -2.78. The number of carboxylic acid groups (broad SMARTS) is 1. The Morgan fingerprint density at radius 2 is 1.97 bits per heavy atom. The Labute approximate surface area is 166 Å². The molecule has 0 radical (unpaired) electrons. The van der Waals surface area contributed by atoms with E-state index < -0.39 is 36.9 Å². The highest BCUT2D eigenvalue weighted by Gasteiger charge is 2.47. The van der Waals surface area contributed by atoms with E-state index in [0.717, 1.165) is 12.8 Å². The number of likely N-dealkylation sites (tertiary alicyclic amines) is 1. The smallest absolute Gasteiger partial charge is 0.326 e. The molecule has 10 heteroatoms. The summed E-state index contributed by atoms with van der Waals surface area (Å²) in [4.78, 5) is 35.7. The lowest BCUT2D eigenvalue weighted by Gasteiger charge is -2.39. The third-order valence-corrected chi connectivity index (χ3v) is 5.50. The van der Waals surface area contributed by atoms with Crippen LogP contribution in [0.25, 0.3) is 0 Å². The molecule has 0 spiro atoms. The van der Waals surface area contributed by atoms with Crippen molar-refractivity contribution in [2.45, 2.75) is 45.1 Å². The second-order valence-electron chi connectivity index (χ2n) is 9.01. The van der Waals surface area contributed by atoms with E-state index >= 15 is 0 Å². The Hall–Kier alpha value is -2.52.